The quantitative estimate of drug-likeness (QED) is 0.208. The highest BCUT2D eigenvalue weighted by atomic mass is 16.4. The minimum absolute atomic E-state index is 0.00189. The molecule has 1 heterocycles. The molecule has 0 unspecified atom stereocenters. The number of carboxylic acid groups (broad SMARTS) is 3. The van der Waals surface area contributed by atoms with Gasteiger partial charge in [0.15, 0.2) is 6.10 Å². The van der Waals surface area contributed by atoms with Crippen molar-refractivity contribution in [2.24, 2.45) is 0 Å². The number of aliphatic hydroxyl groups is 3. The van der Waals surface area contributed by atoms with Crippen LogP contribution in [0.1, 0.15) is 6.42 Å². The largest absolute Gasteiger partial charge is 0.480 e. The van der Waals surface area contributed by atoms with Gasteiger partial charge >= 0.3 is 17.9 Å². The Morgan fingerprint density at radius 3 is 2.17 bits per heavy atom. The van der Waals surface area contributed by atoms with Gasteiger partial charge in [-0.05, 0) is 13.0 Å². The number of carboxylic acids is 3. The summed E-state index contributed by atoms with van der Waals surface area (Å²) in [5.41, 5.74) is 0. The first kappa shape index (κ1) is 19.3. The van der Waals surface area contributed by atoms with Crippen LogP contribution in [0, 0.1) is 0 Å². The highest BCUT2D eigenvalue weighted by Crippen LogP contribution is 2.19. The Balaban J connectivity index is 2.52. The van der Waals surface area contributed by atoms with E-state index >= 15 is 0 Å². The third-order valence-electron chi connectivity index (χ3n) is 3.57. The number of likely N-dealkylation sites (tertiary alicyclic amines) is 1. The molecule has 0 saturated carbocycles. The predicted molar refractivity (Wildman–Crippen MR) is 72.7 cm³/mol. The maximum absolute atomic E-state index is 11.1. The molecule has 23 heavy (non-hydrogen) atoms. The average molecular weight is 336 g/mol. The fourth-order valence-corrected chi connectivity index (χ4v) is 2.30. The molecular weight excluding hydrogens is 316 g/mol. The predicted octanol–water partition coefficient (Wildman–Crippen LogP) is -3.64. The summed E-state index contributed by atoms with van der Waals surface area (Å²) < 4.78 is 0. The van der Waals surface area contributed by atoms with E-state index in [4.69, 9.17) is 20.4 Å². The van der Waals surface area contributed by atoms with Crippen LogP contribution in [0.5, 0.6) is 0 Å². The van der Waals surface area contributed by atoms with Gasteiger partial charge in [0, 0.05) is 13.1 Å². The standard InChI is InChI=1S/C12H20N2O9/c15-5(10(18)19)1-2-13-8(11(20)21)6(16)3-14-4-7(17)9(14)12(22)23/h5-9,13,15-17H,1-4H2,(H,18,19)(H,20,21)(H,22,23)/t5-,6-,7-,8-,9-/m0/s1. The van der Waals surface area contributed by atoms with E-state index in [1.165, 1.54) is 4.90 Å². The summed E-state index contributed by atoms with van der Waals surface area (Å²) in [6.07, 6.45) is -4.48. The summed E-state index contributed by atoms with van der Waals surface area (Å²) in [6.45, 7) is -0.468. The summed E-state index contributed by atoms with van der Waals surface area (Å²) in [4.78, 5) is 33.7. The number of hydrogen-bond acceptors (Lipinski definition) is 8. The lowest BCUT2D eigenvalue weighted by Gasteiger charge is -2.43. The summed E-state index contributed by atoms with van der Waals surface area (Å²) in [6, 6.07) is -2.67. The lowest BCUT2D eigenvalue weighted by atomic mass is 9.97. The number of aliphatic hydroxyl groups excluding tert-OH is 3. The maximum atomic E-state index is 11.1. The summed E-state index contributed by atoms with van der Waals surface area (Å²) in [5.74, 6) is -4.13. The second-order valence-corrected chi connectivity index (χ2v) is 5.28. The summed E-state index contributed by atoms with van der Waals surface area (Å²) in [5, 5.41) is 57.2. The molecule has 132 valence electrons. The van der Waals surface area contributed by atoms with Gasteiger partial charge < -0.3 is 36.0 Å². The zero-order valence-corrected chi connectivity index (χ0v) is 12.1. The Kier molecular flexibility index (Phi) is 6.84. The number of nitrogens with one attached hydrogen (secondary N) is 1. The second-order valence-electron chi connectivity index (χ2n) is 5.28. The van der Waals surface area contributed by atoms with E-state index in [1.807, 2.05) is 0 Å². The van der Waals surface area contributed by atoms with Crippen LogP contribution in [0.25, 0.3) is 0 Å². The molecule has 0 radical (unpaired) electrons. The normalized spacial score (nSPS) is 25.2. The minimum atomic E-state index is -1.66. The Morgan fingerprint density at radius 2 is 1.74 bits per heavy atom. The van der Waals surface area contributed by atoms with Crippen LogP contribution < -0.4 is 5.32 Å². The molecule has 1 aliphatic heterocycles. The first-order valence-corrected chi connectivity index (χ1v) is 6.85. The fourth-order valence-electron chi connectivity index (χ4n) is 2.30. The molecule has 11 nitrogen and oxygen atoms in total. The Morgan fingerprint density at radius 1 is 1.13 bits per heavy atom. The molecular formula is C12H20N2O9. The number of hydrogen-bond donors (Lipinski definition) is 7. The number of aliphatic carboxylic acids is 3. The fraction of sp³-hybridized carbons (Fsp3) is 0.750. The summed E-state index contributed by atoms with van der Waals surface area (Å²) >= 11 is 0. The highest BCUT2D eigenvalue weighted by molar-refractivity contribution is 5.76. The smallest absolute Gasteiger partial charge is 0.332 e. The zero-order valence-electron chi connectivity index (χ0n) is 12.1. The molecule has 1 saturated heterocycles. The first-order chi connectivity index (χ1) is 10.6. The SMILES string of the molecule is O=C(O)[C@@H](NCC[C@H](O)C(=O)O)[C@@H](O)CN1C[C@H](O)[C@H]1C(=O)O. The van der Waals surface area contributed by atoms with Crippen LogP contribution in [0.2, 0.25) is 0 Å². The average Bonchev–Trinajstić information content (AvgIpc) is 2.40. The van der Waals surface area contributed by atoms with Crippen molar-refractivity contribution in [2.45, 2.75) is 36.8 Å². The van der Waals surface area contributed by atoms with Gasteiger partial charge in [0.2, 0.25) is 0 Å². The van der Waals surface area contributed by atoms with E-state index in [9.17, 15) is 24.6 Å². The van der Waals surface area contributed by atoms with E-state index in [0.29, 0.717) is 0 Å². The maximum Gasteiger partial charge on any atom is 0.332 e. The van der Waals surface area contributed by atoms with Crippen LogP contribution >= 0.6 is 0 Å². The van der Waals surface area contributed by atoms with Crippen molar-refractivity contribution in [1.82, 2.24) is 10.2 Å². The third-order valence-corrected chi connectivity index (χ3v) is 3.57. The molecule has 1 aliphatic rings. The van der Waals surface area contributed by atoms with E-state index in [1.54, 1.807) is 0 Å². The Labute approximate surface area is 130 Å². The van der Waals surface area contributed by atoms with Crippen molar-refractivity contribution in [3.63, 3.8) is 0 Å². The van der Waals surface area contributed by atoms with Crippen LogP contribution in [-0.4, -0.2) is 103 Å². The Hall–Kier alpha value is -1.79. The number of β-amino-alcohol motifs (C(OH)–C–C–N with tert-alkyl or cyclic N) is 2. The lowest BCUT2D eigenvalue weighted by molar-refractivity contribution is -0.163. The van der Waals surface area contributed by atoms with Crippen LogP contribution in [-0.2, 0) is 14.4 Å². The van der Waals surface area contributed by atoms with Crippen LogP contribution in [0.3, 0.4) is 0 Å². The van der Waals surface area contributed by atoms with Crippen molar-refractivity contribution >= 4 is 17.9 Å². The molecule has 0 spiro atoms. The third kappa shape index (κ3) is 5.11. The molecule has 0 aromatic heterocycles. The van der Waals surface area contributed by atoms with Crippen LogP contribution in [0.4, 0.5) is 0 Å². The van der Waals surface area contributed by atoms with Gasteiger partial charge in [-0.2, -0.15) is 0 Å². The highest BCUT2D eigenvalue weighted by Gasteiger charge is 2.44. The zero-order chi connectivity index (χ0) is 17.7. The van der Waals surface area contributed by atoms with E-state index in [0.717, 1.165) is 0 Å². The molecule has 1 fully saturated rings. The van der Waals surface area contributed by atoms with Gasteiger partial charge in [-0.3, -0.25) is 14.5 Å². The van der Waals surface area contributed by atoms with Crippen molar-refractivity contribution in [1.29, 1.82) is 0 Å². The number of nitrogens with zero attached hydrogens (tertiary/aromatic N) is 1. The molecule has 0 amide bonds. The van der Waals surface area contributed by atoms with Crippen molar-refractivity contribution < 1.29 is 45.0 Å². The monoisotopic (exact) mass is 336 g/mol. The molecule has 5 atom stereocenters. The van der Waals surface area contributed by atoms with Crippen molar-refractivity contribution in [3.05, 3.63) is 0 Å². The van der Waals surface area contributed by atoms with Crippen LogP contribution in [0.15, 0.2) is 0 Å². The van der Waals surface area contributed by atoms with Gasteiger partial charge in [0.1, 0.15) is 12.1 Å². The molecule has 7 N–H and O–H groups in total. The first-order valence-electron chi connectivity index (χ1n) is 6.85. The lowest BCUT2D eigenvalue weighted by Crippen LogP contribution is -2.66. The minimum Gasteiger partial charge on any atom is -0.480 e. The van der Waals surface area contributed by atoms with Gasteiger partial charge in [-0.15, -0.1) is 0 Å². The molecule has 0 aromatic carbocycles. The topological polar surface area (TPSA) is 188 Å². The number of carbonyl (C=O) groups is 3. The second kappa shape index (κ2) is 8.17. The van der Waals surface area contributed by atoms with E-state index in [-0.39, 0.29) is 26.1 Å². The number of rotatable bonds is 10. The Bertz CT molecular complexity index is 458. The summed E-state index contributed by atoms with van der Waals surface area (Å²) in [7, 11) is 0. The molecule has 11 heteroatoms. The van der Waals surface area contributed by atoms with Gasteiger partial charge in [-0.1, -0.05) is 0 Å². The van der Waals surface area contributed by atoms with E-state index < -0.39 is 48.3 Å². The van der Waals surface area contributed by atoms with Crippen molar-refractivity contribution in [2.75, 3.05) is 19.6 Å². The molecule has 0 aliphatic carbocycles. The molecule has 0 bridgehead atoms. The van der Waals surface area contributed by atoms with Gasteiger partial charge in [0.05, 0.1) is 12.2 Å². The van der Waals surface area contributed by atoms with Gasteiger partial charge in [0.25, 0.3) is 0 Å². The molecule has 1 rings (SSSR count). The molecule has 0 aromatic rings. The van der Waals surface area contributed by atoms with Crippen molar-refractivity contribution in [3.8, 4) is 0 Å². The van der Waals surface area contributed by atoms with E-state index in [2.05, 4.69) is 5.32 Å². The van der Waals surface area contributed by atoms with Gasteiger partial charge in [-0.25, -0.2) is 4.79 Å².